The third-order valence-corrected chi connectivity index (χ3v) is 4.42. The minimum atomic E-state index is -0.128. The molecule has 1 aromatic heterocycles. The van der Waals surface area contributed by atoms with E-state index in [-0.39, 0.29) is 5.91 Å². The molecule has 0 saturated carbocycles. The molecule has 0 saturated heterocycles. The topological polar surface area (TPSA) is 63.2 Å². The molecule has 3 aromatic rings. The van der Waals surface area contributed by atoms with Crippen LogP contribution in [0.2, 0.25) is 0 Å². The fourth-order valence-corrected chi connectivity index (χ4v) is 2.90. The molecule has 0 unspecified atom stereocenters. The van der Waals surface area contributed by atoms with Crippen LogP contribution in [0.4, 0.5) is 5.82 Å². The molecule has 2 aromatic carbocycles. The number of methoxy groups -OCH3 is 1. The highest BCUT2D eigenvalue weighted by atomic mass is 16.5. The van der Waals surface area contributed by atoms with Crippen molar-refractivity contribution in [3.05, 3.63) is 89.1 Å². The monoisotopic (exact) mass is 375 g/mol. The molecule has 28 heavy (non-hydrogen) atoms. The minimum absolute atomic E-state index is 0.128. The van der Waals surface area contributed by atoms with Gasteiger partial charge in [0.05, 0.1) is 12.7 Å². The highest BCUT2D eigenvalue weighted by Gasteiger charge is 2.06. The van der Waals surface area contributed by atoms with Crippen LogP contribution in [0.5, 0.6) is 5.75 Å². The van der Waals surface area contributed by atoms with Gasteiger partial charge in [0.1, 0.15) is 11.6 Å². The van der Waals surface area contributed by atoms with Crippen LogP contribution in [0.25, 0.3) is 0 Å². The van der Waals surface area contributed by atoms with Gasteiger partial charge in [0.25, 0.3) is 5.91 Å². The predicted octanol–water partition coefficient (Wildman–Crippen LogP) is 3.98. The van der Waals surface area contributed by atoms with Crippen LogP contribution in [-0.2, 0) is 13.0 Å². The Morgan fingerprint density at radius 3 is 2.61 bits per heavy atom. The second-order valence-corrected chi connectivity index (χ2v) is 6.63. The van der Waals surface area contributed by atoms with Gasteiger partial charge in [-0.05, 0) is 48.7 Å². The van der Waals surface area contributed by atoms with E-state index in [1.807, 2.05) is 49.4 Å². The second-order valence-electron chi connectivity index (χ2n) is 6.63. The first-order chi connectivity index (χ1) is 13.6. The van der Waals surface area contributed by atoms with Gasteiger partial charge in [-0.3, -0.25) is 4.79 Å². The first-order valence-electron chi connectivity index (χ1n) is 9.30. The van der Waals surface area contributed by atoms with E-state index in [1.54, 1.807) is 19.4 Å². The van der Waals surface area contributed by atoms with Crippen LogP contribution in [0.15, 0.2) is 66.9 Å². The standard InChI is InChI=1S/C23H25N3O2/c1-17-5-3-7-19(13-17)15-26-23(27)20-9-10-22(25-16-20)24-12-11-18-6-4-8-21(14-18)28-2/h3-10,13-14,16H,11-12,15H2,1-2H3,(H,24,25)(H,26,27). The normalized spacial score (nSPS) is 10.4. The van der Waals surface area contributed by atoms with E-state index in [9.17, 15) is 4.79 Å². The van der Waals surface area contributed by atoms with Crippen LogP contribution < -0.4 is 15.4 Å². The maximum atomic E-state index is 12.3. The Labute approximate surface area is 165 Å². The number of nitrogens with one attached hydrogen (secondary N) is 2. The number of aromatic nitrogens is 1. The summed E-state index contributed by atoms with van der Waals surface area (Å²) < 4.78 is 5.24. The number of carbonyl (C=O) groups excluding carboxylic acids is 1. The van der Waals surface area contributed by atoms with Gasteiger partial charge in [-0.15, -0.1) is 0 Å². The van der Waals surface area contributed by atoms with Crippen molar-refractivity contribution >= 4 is 11.7 Å². The van der Waals surface area contributed by atoms with E-state index in [0.29, 0.717) is 12.1 Å². The predicted molar refractivity (Wildman–Crippen MR) is 112 cm³/mol. The Morgan fingerprint density at radius 1 is 1.04 bits per heavy atom. The van der Waals surface area contributed by atoms with Crippen LogP contribution >= 0.6 is 0 Å². The van der Waals surface area contributed by atoms with Gasteiger partial charge in [0, 0.05) is 19.3 Å². The average Bonchev–Trinajstić information content (AvgIpc) is 2.73. The number of rotatable bonds is 8. The van der Waals surface area contributed by atoms with Crippen LogP contribution in [0.3, 0.4) is 0 Å². The molecule has 0 aliphatic carbocycles. The molecule has 0 bridgehead atoms. The Balaban J connectivity index is 1.48. The van der Waals surface area contributed by atoms with Crippen LogP contribution in [0.1, 0.15) is 27.0 Å². The molecular weight excluding hydrogens is 350 g/mol. The van der Waals surface area contributed by atoms with Crippen molar-refractivity contribution in [2.24, 2.45) is 0 Å². The fourth-order valence-electron chi connectivity index (χ4n) is 2.90. The minimum Gasteiger partial charge on any atom is -0.497 e. The maximum Gasteiger partial charge on any atom is 0.253 e. The summed E-state index contributed by atoms with van der Waals surface area (Å²) in [5, 5.41) is 6.20. The lowest BCUT2D eigenvalue weighted by atomic mass is 10.1. The van der Waals surface area contributed by atoms with Crippen molar-refractivity contribution in [1.82, 2.24) is 10.3 Å². The lowest BCUT2D eigenvalue weighted by molar-refractivity contribution is 0.0950. The third-order valence-electron chi connectivity index (χ3n) is 4.42. The first-order valence-corrected chi connectivity index (χ1v) is 9.30. The van der Waals surface area contributed by atoms with Gasteiger partial charge in [-0.2, -0.15) is 0 Å². The number of pyridine rings is 1. The number of nitrogens with zero attached hydrogens (tertiary/aromatic N) is 1. The average molecular weight is 375 g/mol. The van der Waals surface area contributed by atoms with Gasteiger partial charge in [-0.25, -0.2) is 4.98 Å². The van der Waals surface area contributed by atoms with Crippen molar-refractivity contribution in [2.45, 2.75) is 19.9 Å². The maximum absolute atomic E-state index is 12.3. The molecule has 0 spiro atoms. The summed E-state index contributed by atoms with van der Waals surface area (Å²) in [6, 6.07) is 19.7. The Morgan fingerprint density at radius 2 is 1.86 bits per heavy atom. The lowest BCUT2D eigenvalue weighted by Gasteiger charge is -2.09. The third kappa shape index (κ3) is 5.58. The van der Waals surface area contributed by atoms with Gasteiger partial charge < -0.3 is 15.4 Å². The van der Waals surface area contributed by atoms with E-state index in [1.165, 1.54) is 11.1 Å². The zero-order valence-corrected chi connectivity index (χ0v) is 16.2. The molecule has 1 amide bonds. The number of hydrogen-bond donors (Lipinski definition) is 2. The van der Waals surface area contributed by atoms with Crippen molar-refractivity contribution in [3.8, 4) is 5.75 Å². The lowest BCUT2D eigenvalue weighted by Crippen LogP contribution is -2.23. The largest absolute Gasteiger partial charge is 0.497 e. The highest BCUT2D eigenvalue weighted by molar-refractivity contribution is 5.94. The summed E-state index contributed by atoms with van der Waals surface area (Å²) in [5.74, 6) is 1.48. The van der Waals surface area contributed by atoms with E-state index in [0.717, 1.165) is 30.1 Å². The highest BCUT2D eigenvalue weighted by Crippen LogP contribution is 2.13. The number of aryl methyl sites for hydroxylation is 1. The molecule has 1 heterocycles. The summed E-state index contributed by atoms with van der Waals surface area (Å²) in [4.78, 5) is 16.6. The van der Waals surface area contributed by atoms with E-state index in [2.05, 4.69) is 27.8 Å². The van der Waals surface area contributed by atoms with E-state index < -0.39 is 0 Å². The molecule has 0 fully saturated rings. The number of anilines is 1. The summed E-state index contributed by atoms with van der Waals surface area (Å²) in [6.07, 6.45) is 2.46. The molecule has 0 atom stereocenters. The van der Waals surface area contributed by atoms with Gasteiger partial charge in [0.2, 0.25) is 0 Å². The van der Waals surface area contributed by atoms with Crippen molar-refractivity contribution in [1.29, 1.82) is 0 Å². The van der Waals surface area contributed by atoms with Crippen molar-refractivity contribution in [2.75, 3.05) is 19.0 Å². The molecule has 0 aliphatic rings. The summed E-state index contributed by atoms with van der Waals surface area (Å²) in [7, 11) is 1.67. The molecule has 3 rings (SSSR count). The van der Waals surface area contributed by atoms with Gasteiger partial charge >= 0.3 is 0 Å². The smallest absolute Gasteiger partial charge is 0.253 e. The number of benzene rings is 2. The molecule has 2 N–H and O–H groups in total. The number of amides is 1. The number of carbonyl (C=O) groups is 1. The second kappa shape index (κ2) is 9.55. The summed E-state index contributed by atoms with van der Waals surface area (Å²) in [6.45, 7) is 3.29. The van der Waals surface area contributed by atoms with E-state index >= 15 is 0 Å². The quantitative estimate of drug-likeness (QED) is 0.625. The SMILES string of the molecule is COc1cccc(CCNc2ccc(C(=O)NCc3cccc(C)c3)cn2)c1. The Bertz CT molecular complexity index is 923. The zero-order valence-electron chi connectivity index (χ0n) is 16.2. The van der Waals surface area contributed by atoms with Gasteiger partial charge in [0.15, 0.2) is 0 Å². The molecule has 144 valence electrons. The fraction of sp³-hybridized carbons (Fsp3) is 0.217. The van der Waals surface area contributed by atoms with Gasteiger partial charge in [-0.1, -0.05) is 42.0 Å². The molecule has 0 aliphatic heterocycles. The summed E-state index contributed by atoms with van der Waals surface area (Å²) in [5.41, 5.74) is 4.00. The molecule has 5 heteroatoms. The van der Waals surface area contributed by atoms with Crippen molar-refractivity contribution < 1.29 is 9.53 Å². The first kappa shape index (κ1) is 19.4. The Hall–Kier alpha value is -3.34. The summed E-state index contributed by atoms with van der Waals surface area (Å²) >= 11 is 0. The Kier molecular flexibility index (Phi) is 6.63. The van der Waals surface area contributed by atoms with Crippen LogP contribution in [-0.4, -0.2) is 24.5 Å². The van der Waals surface area contributed by atoms with Crippen molar-refractivity contribution in [3.63, 3.8) is 0 Å². The molecular formula is C23H25N3O2. The zero-order chi connectivity index (χ0) is 19.8. The number of ether oxygens (including phenoxy) is 1. The van der Waals surface area contributed by atoms with E-state index in [4.69, 9.17) is 4.74 Å². The van der Waals surface area contributed by atoms with Crippen LogP contribution in [0, 0.1) is 6.92 Å². The number of hydrogen-bond acceptors (Lipinski definition) is 4. The molecule has 5 nitrogen and oxygen atoms in total. The molecule has 0 radical (unpaired) electrons.